The quantitative estimate of drug-likeness (QED) is 0.649. The minimum atomic E-state index is -4.59. The molecule has 0 spiro atoms. The highest BCUT2D eigenvalue weighted by atomic mass is 79.9. The van der Waals surface area contributed by atoms with Gasteiger partial charge in [-0.25, -0.2) is 4.79 Å². The first-order valence-electron chi connectivity index (χ1n) is 8.80. The Morgan fingerprint density at radius 3 is 2.34 bits per heavy atom. The molecule has 1 aliphatic rings. The number of carbonyl (C=O) groups excluding carboxylic acids is 3. The molecule has 1 aromatic carbocycles. The van der Waals surface area contributed by atoms with Gasteiger partial charge in [0.2, 0.25) is 0 Å². The lowest BCUT2D eigenvalue weighted by Gasteiger charge is -2.30. The summed E-state index contributed by atoms with van der Waals surface area (Å²) in [5.41, 5.74) is 0.548. The summed E-state index contributed by atoms with van der Waals surface area (Å²) in [6, 6.07) is 6.87. The average molecular weight is 481 g/mol. The molecule has 0 aromatic heterocycles. The minimum Gasteiger partial charge on any atom is -0.452 e. The second-order valence-electron chi connectivity index (χ2n) is 6.51. The summed E-state index contributed by atoms with van der Waals surface area (Å²) in [6.45, 7) is -0.0830. The summed E-state index contributed by atoms with van der Waals surface area (Å²) >= 11 is 3.28. The number of benzene rings is 1. The van der Waals surface area contributed by atoms with E-state index in [2.05, 4.69) is 26.0 Å². The second-order valence-corrected chi connectivity index (χ2v) is 7.42. The molecular weight excluding hydrogens is 461 g/mol. The molecule has 1 aliphatic heterocycles. The van der Waals surface area contributed by atoms with Crippen molar-refractivity contribution in [2.75, 3.05) is 25.0 Å². The van der Waals surface area contributed by atoms with E-state index in [1.165, 1.54) is 6.92 Å². The predicted octanol–water partition coefficient (Wildman–Crippen LogP) is 3.73. The van der Waals surface area contributed by atoms with Crippen molar-refractivity contribution in [3.8, 4) is 0 Å². The molecular formula is C18H20BrF3N2O5. The van der Waals surface area contributed by atoms with E-state index >= 15 is 0 Å². The first kappa shape index (κ1) is 23.0. The molecule has 11 heteroatoms. The van der Waals surface area contributed by atoms with Crippen molar-refractivity contribution in [2.45, 2.75) is 32.0 Å². The largest absolute Gasteiger partial charge is 0.452 e. The van der Waals surface area contributed by atoms with E-state index < -0.39 is 42.8 Å². The molecule has 160 valence electrons. The van der Waals surface area contributed by atoms with E-state index in [0.717, 1.165) is 9.37 Å². The van der Waals surface area contributed by atoms with Gasteiger partial charge in [-0.05, 0) is 44.0 Å². The number of halogens is 4. The molecule has 0 saturated carbocycles. The van der Waals surface area contributed by atoms with Gasteiger partial charge in [-0.2, -0.15) is 13.2 Å². The first-order valence-corrected chi connectivity index (χ1v) is 9.60. The molecule has 2 amide bonds. The lowest BCUT2D eigenvalue weighted by molar-refractivity contribution is -0.163. The van der Waals surface area contributed by atoms with E-state index in [1.807, 2.05) is 0 Å². The van der Waals surface area contributed by atoms with E-state index in [0.29, 0.717) is 5.69 Å². The van der Waals surface area contributed by atoms with Gasteiger partial charge >= 0.3 is 18.2 Å². The SMILES string of the molecule is CC(OC(=O)C1CCN(C(=O)OCC(F)(F)F)CC1)C(=O)Nc1ccc(Br)cc1. The zero-order valence-corrected chi connectivity index (χ0v) is 17.1. The van der Waals surface area contributed by atoms with Crippen molar-refractivity contribution in [3.05, 3.63) is 28.7 Å². The molecule has 1 heterocycles. The summed E-state index contributed by atoms with van der Waals surface area (Å²) in [7, 11) is 0. The fraction of sp³-hybridized carbons (Fsp3) is 0.500. The Balaban J connectivity index is 1.76. The maximum Gasteiger partial charge on any atom is 0.422 e. The Kier molecular flexibility index (Phi) is 7.88. The number of likely N-dealkylation sites (tertiary alicyclic amines) is 1. The van der Waals surface area contributed by atoms with Gasteiger partial charge in [0.05, 0.1) is 5.92 Å². The maximum atomic E-state index is 12.3. The molecule has 1 unspecified atom stereocenters. The number of piperidine rings is 1. The van der Waals surface area contributed by atoms with Gasteiger partial charge in [0.25, 0.3) is 5.91 Å². The number of ether oxygens (including phenoxy) is 2. The number of nitrogens with zero attached hydrogens (tertiary/aromatic N) is 1. The zero-order chi connectivity index (χ0) is 21.6. The molecule has 1 saturated heterocycles. The summed E-state index contributed by atoms with van der Waals surface area (Å²) in [4.78, 5) is 37.1. The lowest BCUT2D eigenvalue weighted by atomic mass is 9.97. The monoisotopic (exact) mass is 480 g/mol. The van der Waals surface area contributed by atoms with Crippen molar-refractivity contribution in [1.82, 2.24) is 4.90 Å². The molecule has 1 aromatic rings. The number of hydrogen-bond acceptors (Lipinski definition) is 5. The number of amides is 2. The van der Waals surface area contributed by atoms with Gasteiger partial charge in [0.1, 0.15) is 0 Å². The zero-order valence-electron chi connectivity index (χ0n) is 15.5. The van der Waals surface area contributed by atoms with Crippen LogP contribution in [0.15, 0.2) is 28.7 Å². The molecule has 0 radical (unpaired) electrons. The molecule has 1 N–H and O–H groups in total. The normalized spacial score (nSPS) is 16.1. The van der Waals surface area contributed by atoms with Crippen LogP contribution in [0, 0.1) is 5.92 Å². The van der Waals surface area contributed by atoms with Crippen LogP contribution in [0.2, 0.25) is 0 Å². The van der Waals surface area contributed by atoms with E-state index in [9.17, 15) is 27.6 Å². The van der Waals surface area contributed by atoms with Crippen LogP contribution in [0.3, 0.4) is 0 Å². The number of carbonyl (C=O) groups is 3. The van der Waals surface area contributed by atoms with Gasteiger partial charge in [-0.3, -0.25) is 9.59 Å². The van der Waals surface area contributed by atoms with Gasteiger partial charge in [-0.15, -0.1) is 0 Å². The van der Waals surface area contributed by atoms with Crippen LogP contribution in [-0.2, 0) is 19.1 Å². The van der Waals surface area contributed by atoms with E-state index in [1.54, 1.807) is 24.3 Å². The van der Waals surface area contributed by atoms with Crippen molar-refractivity contribution >= 4 is 39.6 Å². The molecule has 2 rings (SSSR count). The maximum absolute atomic E-state index is 12.3. The first-order chi connectivity index (χ1) is 13.5. The van der Waals surface area contributed by atoms with Crippen molar-refractivity contribution in [2.24, 2.45) is 5.92 Å². The number of esters is 1. The highest BCUT2D eigenvalue weighted by molar-refractivity contribution is 9.10. The van der Waals surface area contributed by atoms with Crippen LogP contribution in [0.1, 0.15) is 19.8 Å². The number of rotatable bonds is 5. The highest BCUT2D eigenvalue weighted by Crippen LogP contribution is 2.22. The fourth-order valence-electron chi connectivity index (χ4n) is 2.63. The molecule has 7 nitrogen and oxygen atoms in total. The third-order valence-electron chi connectivity index (χ3n) is 4.22. The van der Waals surface area contributed by atoms with Crippen molar-refractivity contribution < 1.29 is 37.0 Å². The second kappa shape index (κ2) is 9.95. The summed E-state index contributed by atoms with van der Waals surface area (Å²) in [5.74, 6) is -1.63. The summed E-state index contributed by atoms with van der Waals surface area (Å²) < 4.78 is 46.5. The van der Waals surface area contributed by atoms with Gasteiger partial charge in [-0.1, -0.05) is 15.9 Å². The summed E-state index contributed by atoms with van der Waals surface area (Å²) in [5, 5.41) is 2.63. The molecule has 29 heavy (non-hydrogen) atoms. The summed E-state index contributed by atoms with van der Waals surface area (Å²) in [6.07, 6.45) is -6.27. The van der Waals surface area contributed by atoms with Crippen LogP contribution in [-0.4, -0.2) is 54.8 Å². The molecule has 0 bridgehead atoms. The Bertz CT molecular complexity index is 734. The van der Waals surface area contributed by atoms with Crippen molar-refractivity contribution in [3.63, 3.8) is 0 Å². The van der Waals surface area contributed by atoms with Crippen molar-refractivity contribution in [1.29, 1.82) is 0 Å². The van der Waals surface area contributed by atoms with Gasteiger partial charge < -0.3 is 19.7 Å². The Morgan fingerprint density at radius 2 is 1.79 bits per heavy atom. The van der Waals surface area contributed by atoms with E-state index in [4.69, 9.17) is 4.74 Å². The smallest absolute Gasteiger partial charge is 0.422 e. The molecule has 1 atom stereocenters. The lowest BCUT2D eigenvalue weighted by Crippen LogP contribution is -2.42. The average Bonchev–Trinajstić information content (AvgIpc) is 2.67. The highest BCUT2D eigenvalue weighted by Gasteiger charge is 2.34. The number of nitrogens with one attached hydrogen (secondary N) is 1. The standard InChI is InChI=1S/C18H20BrF3N2O5/c1-11(15(25)23-14-4-2-13(19)3-5-14)29-16(26)12-6-8-24(9-7-12)17(27)28-10-18(20,21)22/h2-5,11-12H,6-10H2,1H3,(H,23,25). The van der Waals surface area contributed by atoms with Crippen LogP contribution >= 0.6 is 15.9 Å². The number of hydrogen-bond donors (Lipinski definition) is 1. The predicted molar refractivity (Wildman–Crippen MR) is 100 cm³/mol. The third kappa shape index (κ3) is 7.56. The van der Waals surface area contributed by atoms with Gasteiger partial charge in [0, 0.05) is 23.2 Å². The Hall–Kier alpha value is -2.30. The van der Waals surface area contributed by atoms with Gasteiger partial charge in [0.15, 0.2) is 12.7 Å². The molecule has 0 aliphatic carbocycles. The van der Waals surface area contributed by atoms with Crippen LogP contribution in [0.25, 0.3) is 0 Å². The van der Waals surface area contributed by atoms with Crippen LogP contribution < -0.4 is 5.32 Å². The fourth-order valence-corrected chi connectivity index (χ4v) is 2.90. The molecule has 1 fully saturated rings. The Labute approximate surface area is 173 Å². The Morgan fingerprint density at radius 1 is 1.21 bits per heavy atom. The minimum absolute atomic E-state index is 0.0654. The topological polar surface area (TPSA) is 84.9 Å². The number of alkyl halides is 3. The number of anilines is 1. The third-order valence-corrected chi connectivity index (χ3v) is 4.75. The van der Waals surface area contributed by atoms with Crippen LogP contribution in [0.5, 0.6) is 0 Å². The van der Waals surface area contributed by atoms with Crippen LogP contribution in [0.4, 0.5) is 23.7 Å². The van der Waals surface area contributed by atoms with E-state index in [-0.39, 0.29) is 25.9 Å².